The van der Waals surface area contributed by atoms with Crippen molar-refractivity contribution < 1.29 is 14.0 Å². The molecule has 0 aliphatic heterocycles. The van der Waals surface area contributed by atoms with Crippen molar-refractivity contribution in [3.8, 4) is 0 Å². The molecule has 2 N–H and O–H groups in total. The van der Waals surface area contributed by atoms with Crippen molar-refractivity contribution in [2.45, 2.75) is 17.8 Å². The molecule has 0 fully saturated rings. The monoisotopic (exact) mass is 416 g/mol. The second-order valence-electron chi connectivity index (χ2n) is 5.85. The summed E-state index contributed by atoms with van der Waals surface area (Å²) in [6.07, 6.45) is 0. The number of thioether (sulfide) groups is 1. The maximum absolute atomic E-state index is 13.5. The van der Waals surface area contributed by atoms with Gasteiger partial charge in [-0.05, 0) is 25.1 Å². The summed E-state index contributed by atoms with van der Waals surface area (Å²) in [6, 6.07) is 13.7. The van der Waals surface area contributed by atoms with Crippen LogP contribution in [-0.4, -0.2) is 27.8 Å². The van der Waals surface area contributed by atoms with Gasteiger partial charge in [-0.25, -0.2) is 4.39 Å². The van der Waals surface area contributed by atoms with Gasteiger partial charge < -0.3 is 10.6 Å². The molecule has 2 amide bonds. The summed E-state index contributed by atoms with van der Waals surface area (Å²) in [6.45, 7) is 2.08. The zero-order valence-corrected chi connectivity index (χ0v) is 16.6. The van der Waals surface area contributed by atoms with Crippen molar-refractivity contribution in [3.05, 3.63) is 70.5 Å². The first-order valence-electron chi connectivity index (χ1n) is 8.35. The van der Waals surface area contributed by atoms with Crippen LogP contribution in [0.5, 0.6) is 0 Å². The summed E-state index contributed by atoms with van der Waals surface area (Å²) in [4.78, 5) is 24.1. The quantitative estimate of drug-likeness (QED) is 0.575. The highest BCUT2D eigenvalue weighted by atomic mass is 32.2. The molecule has 28 heavy (non-hydrogen) atoms. The second kappa shape index (κ2) is 9.43. The molecule has 0 atom stereocenters. The first kappa shape index (κ1) is 20.0. The van der Waals surface area contributed by atoms with E-state index >= 15 is 0 Å². The highest BCUT2D eigenvalue weighted by Gasteiger charge is 2.14. The fourth-order valence-corrected chi connectivity index (χ4v) is 3.77. The molecular formula is C19H17FN4O2S2. The van der Waals surface area contributed by atoms with E-state index in [0.717, 1.165) is 16.9 Å². The van der Waals surface area contributed by atoms with Crippen LogP contribution in [-0.2, 0) is 11.3 Å². The molecule has 1 heterocycles. The number of halogens is 1. The topological polar surface area (TPSA) is 84.0 Å². The van der Waals surface area contributed by atoms with Crippen LogP contribution in [0.15, 0.2) is 52.9 Å². The van der Waals surface area contributed by atoms with E-state index < -0.39 is 0 Å². The molecule has 1 aromatic heterocycles. The minimum atomic E-state index is -0.358. The zero-order chi connectivity index (χ0) is 19.9. The Kier molecular flexibility index (Phi) is 6.72. The zero-order valence-electron chi connectivity index (χ0n) is 14.9. The van der Waals surface area contributed by atoms with Crippen LogP contribution < -0.4 is 10.6 Å². The smallest absolute Gasteiger partial charge is 0.286 e. The summed E-state index contributed by atoms with van der Waals surface area (Å²) in [7, 11) is 0. The highest BCUT2D eigenvalue weighted by molar-refractivity contribution is 8.01. The lowest BCUT2D eigenvalue weighted by Gasteiger charge is -2.05. The number of rotatable bonds is 7. The minimum absolute atomic E-state index is 0.0999. The molecule has 6 nitrogen and oxygen atoms in total. The van der Waals surface area contributed by atoms with Crippen LogP contribution in [0, 0.1) is 12.7 Å². The number of hydrogen-bond acceptors (Lipinski definition) is 6. The number of nitrogens with zero attached hydrogens (tertiary/aromatic N) is 2. The minimum Gasteiger partial charge on any atom is -0.351 e. The van der Waals surface area contributed by atoms with E-state index in [1.165, 1.54) is 17.8 Å². The van der Waals surface area contributed by atoms with Gasteiger partial charge in [-0.2, -0.15) is 0 Å². The van der Waals surface area contributed by atoms with Gasteiger partial charge in [0, 0.05) is 17.8 Å². The standard InChI is InChI=1S/C19H17FN4O2S2/c1-12-6-8-14(9-7-12)22-17(26)18-23-24-19(28-18)27-11-16(25)21-10-13-4-2-3-5-15(13)20/h2-9H,10-11H2,1H3,(H,21,25)(H,22,26). The lowest BCUT2D eigenvalue weighted by molar-refractivity contribution is -0.118. The van der Waals surface area contributed by atoms with E-state index in [1.54, 1.807) is 18.2 Å². The highest BCUT2D eigenvalue weighted by Crippen LogP contribution is 2.23. The Balaban J connectivity index is 1.47. The van der Waals surface area contributed by atoms with Crippen molar-refractivity contribution in [1.82, 2.24) is 15.5 Å². The number of carbonyl (C=O) groups excluding carboxylic acids is 2. The van der Waals surface area contributed by atoms with Gasteiger partial charge >= 0.3 is 0 Å². The van der Waals surface area contributed by atoms with Gasteiger partial charge in [0.2, 0.25) is 10.9 Å². The van der Waals surface area contributed by atoms with Gasteiger partial charge in [0.1, 0.15) is 5.82 Å². The van der Waals surface area contributed by atoms with E-state index in [9.17, 15) is 14.0 Å². The van der Waals surface area contributed by atoms with Gasteiger partial charge in [-0.15, -0.1) is 10.2 Å². The third kappa shape index (κ3) is 5.61. The molecule has 0 unspecified atom stereocenters. The number of anilines is 1. The summed E-state index contributed by atoms with van der Waals surface area (Å²) in [5.41, 5.74) is 2.19. The van der Waals surface area contributed by atoms with Crippen molar-refractivity contribution in [2.75, 3.05) is 11.1 Å². The Hall–Kier alpha value is -2.78. The maximum Gasteiger partial charge on any atom is 0.286 e. The van der Waals surface area contributed by atoms with E-state index in [4.69, 9.17) is 0 Å². The normalized spacial score (nSPS) is 10.5. The number of nitrogens with one attached hydrogen (secondary N) is 2. The molecule has 144 valence electrons. The van der Waals surface area contributed by atoms with Gasteiger partial charge in [0.05, 0.1) is 5.75 Å². The molecule has 3 rings (SSSR count). The molecule has 0 aliphatic carbocycles. The number of aryl methyl sites for hydroxylation is 1. The lowest BCUT2D eigenvalue weighted by atomic mass is 10.2. The number of hydrogen-bond donors (Lipinski definition) is 2. The van der Waals surface area contributed by atoms with Crippen LogP contribution in [0.2, 0.25) is 0 Å². The molecule has 3 aromatic rings. The van der Waals surface area contributed by atoms with Crippen LogP contribution in [0.3, 0.4) is 0 Å². The van der Waals surface area contributed by atoms with Crippen LogP contribution in [0.1, 0.15) is 20.9 Å². The molecule has 0 spiro atoms. The van der Waals surface area contributed by atoms with E-state index in [2.05, 4.69) is 20.8 Å². The molecule has 0 radical (unpaired) electrons. The fraction of sp³-hybridized carbons (Fsp3) is 0.158. The summed E-state index contributed by atoms with van der Waals surface area (Å²) in [5, 5.41) is 13.4. The van der Waals surface area contributed by atoms with Gasteiger partial charge in [0.25, 0.3) is 5.91 Å². The Morgan fingerprint density at radius 1 is 1.11 bits per heavy atom. The summed E-state index contributed by atoms with van der Waals surface area (Å²) in [5.74, 6) is -0.863. The lowest BCUT2D eigenvalue weighted by Crippen LogP contribution is -2.24. The Labute approximate surface area is 169 Å². The van der Waals surface area contributed by atoms with Gasteiger partial charge in [-0.1, -0.05) is 59.0 Å². The first-order chi connectivity index (χ1) is 13.5. The number of aromatic nitrogens is 2. The van der Waals surface area contributed by atoms with Crippen LogP contribution in [0.4, 0.5) is 10.1 Å². The third-order valence-corrected chi connectivity index (χ3v) is 5.73. The fourth-order valence-electron chi connectivity index (χ4n) is 2.20. The summed E-state index contributed by atoms with van der Waals surface area (Å²) < 4.78 is 14.0. The van der Waals surface area contributed by atoms with Gasteiger partial charge in [-0.3, -0.25) is 9.59 Å². The van der Waals surface area contributed by atoms with Crippen LogP contribution >= 0.6 is 23.1 Å². The SMILES string of the molecule is Cc1ccc(NC(=O)c2nnc(SCC(=O)NCc3ccccc3F)s2)cc1. The average Bonchev–Trinajstić information content (AvgIpc) is 3.17. The van der Waals surface area contributed by atoms with Crippen molar-refractivity contribution in [2.24, 2.45) is 0 Å². The van der Waals surface area contributed by atoms with E-state index in [1.807, 2.05) is 31.2 Å². The van der Waals surface area contributed by atoms with E-state index in [-0.39, 0.29) is 34.9 Å². The largest absolute Gasteiger partial charge is 0.351 e. The maximum atomic E-state index is 13.5. The number of carbonyl (C=O) groups is 2. The molecule has 0 aliphatic rings. The molecule has 2 aromatic carbocycles. The number of amides is 2. The van der Waals surface area contributed by atoms with Gasteiger partial charge in [0.15, 0.2) is 4.34 Å². The van der Waals surface area contributed by atoms with Crippen molar-refractivity contribution in [1.29, 1.82) is 0 Å². The van der Waals surface area contributed by atoms with Crippen molar-refractivity contribution >= 4 is 40.6 Å². The van der Waals surface area contributed by atoms with Crippen molar-refractivity contribution in [3.63, 3.8) is 0 Å². The molecular weight excluding hydrogens is 399 g/mol. The van der Waals surface area contributed by atoms with Crippen LogP contribution in [0.25, 0.3) is 0 Å². The predicted octanol–water partition coefficient (Wildman–Crippen LogP) is 3.65. The number of benzene rings is 2. The molecule has 0 saturated heterocycles. The Morgan fingerprint density at radius 3 is 2.61 bits per heavy atom. The Bertz CT molecular complexity index is 976. The summed E-state index contributed by atoms with van der Waals surface area (Å²) >= 11 is 2.28. The predicted molar refractivity (Wildman–Crippen MR) is 108 cm³/mol. The average molecular weight is 417 g/mol. The Morgan fingerprint density at radius 2 is 1.86 bits per heavy atom. The molecule has 9 heteroatoms. The second-order valence-corrected chi connectivity index (χ2v) is 8.05. The third-order valence-electron chi connectivity index (χ3n) is 3.67. The molecule has 0 bridgehead atoms. The molecule has 0 saturated carbocycles. The van der Waals surface area contributed by atoms with E-state index in [0.29, 0.717) is 15.6 Å². The first-order valence-corrected chi connectivity index (χ1v) is 10.2.